The van der Waals surface area contributed by atoms with E-state index in [9.17, 15) is 4.79 Å². The van der Waals surface area contributed by atoms with E-state index in [4.69, 9.17) is 9.47 Å². The molecule has 0 amide bonds. The van der Waals surface area contributed by atoms with E-state index in [0.29, 0.717) is 12.2 Å². The molecule has 1 aromatic rings. The molecule has 2 rings (SSSR count). The molecule has 0 aromatic heterocycles. The van der Waals surface area contributed by atoms with Crippen LogP contribution in [0.2, 0.25) is 0 Å². The molecule has 0 bridgehead atoms. The Morgan fingerprint density at radius 1 is 1.24 bits per heavy atom. The fraction of sp³-hybridized carbons (Fsp3) is 0.611. The summed E-state index contributed by atoms with van der Waals surface area (Å²) in [5.74, 6) is 0.858. The average Bonchev–Trinajstić information content (AvgIpc) is 2.47. The van der Waals surface area contributed by atoms with Gasteiger partial charge < -0.3 is 9.47 Å². The lowest BCUT2D eigenvalue weighted by molar-refractivity contribution is -0.0411. The molecule has 21 heavy (non-hydrogen) atoms. The van der Waals surface area contributed by atoms with Gasteiger partial charge in [-0.15, -0.1) is 0 Å². The second kappa shape index (κ2) is 7.08. The highest BCUT2D eigenvalue weighted by Crippen LogP contribution is 2.35. The maximum atomic E-state index is 13.0. The number of hydrogen-bond acceptors (Lipinski definition) is 3. The van der Waals surface area contributed by atoms with E-state index >= 15 is 0 Å². The Bertz CT molecular complexity index is 468. The van der Waals surface area contributed by atoms with E-state index in [1.54, 1.807) is 0 Å². The number of hydrogen-bond donors (Lipinski definition) is 0. The van der Waals surface area contributed by atoms with Crippen LogP contribution in [-0.2, 0) is 4.74 Å². The van der Waals surface area contributed by atoms with Crippen LogP contribution in [0.1, 0.15) is 63.2 Å². The molecule has 0 atom stereocenters. The van der Waals surface area contributed by atoms with Gasteiger partial charge in [-0.1, -0.05) is 31.4 Å². The van der Waals surface area contributed by atoms with Crippen molar-refractivity contribution >= 4 is 5.78 Å². The predicted octanol–water partition coefficient (Wildman–Crippen LogP) is 4.40. The number of ether oxygens (including phenoxy) is 2. The first-order valence-corrected chi connectivity index (χ1v) is 8.03. The standard InChI is InChI=1S/C18H26O3/c1-4-20-18(11-6-5-7-12-18)17(19)15-9-8-10-16(13-15)21-14(2)3/h8-10,13-14H,4-7,11-12H2,1-3H3. The number of Topliss-reactive ketones (excluding diaryl/α,β-unsaturated/α-hetero) is 1. The molecule has 1 aliphatic rings. The van der Waals surface area contributed by atoms with Gasteiger partial charge in [-0.25, -0.2) is 0 Å². The summed E-state index contributed by atoms with van der Waals surface area (Å²) in [6.07, 6.45) is 5.08. The van der Waals surface area contributed by atoms with Crippen LogP contribution in [-0.4, -0.2) is 24.1 Å². The van der Waals surface area contributed by atoms with Crippen molar-refractivity contribution in [2.75, 3.05) is 6.61 Å². The van der Waals surface area contributed by atoms with Gasteiger partial charge in [0, 0.05) is 12.2 Å². The first kappa shape index (κ1) is 16.0. The first-order valence-electron chi connectivity index (χ1n) is 8.03. The molecule has 0 unspecified atom stereocenters. The smallest absolute Gasteiger partial charge is 0.194 e. The van der Waals surface area contributed by atoms with Crippen molar-refractivity contribution in [3.8, 4) is 5.75 Å². The van der Waals surface area contributed by atoms with Crippen molar-refractivity contribution in [1.29, 1.82) is 0 Å². The molecule has 1 aliphatic carbocycles. The largest absolute Gasteiger partial charge is 0.491 e. The molecule has 0 saturated heterocycles. The lowest BCUT2D eigenvalue weighted by atomic mass is 9.79. The highest BCUT2D eigenvalue weighted by atomic mass is 16.5. The molecule has 0 N–H and O–H groups in total. The minimum atomic E-state index is -0.622. The van der Waals surface area contributed by atoms with Crippen LogP contribution in [0, 0.1) is 0 Å². The van der Waals surface area contributed by atoms with Crippen molar-refractivity contribution in [3.63, 3.8) is 0 Å². The topological polar surface area (TPSA) is 35.5 Å². The summed E-state index contributed by atoms with van der Waals surface area (Å²) < 4.78 is 11.6. The lowest BCUT2D eigenvalue weighted by Gasteiger charge is -2.35. The Kier molecular flexibility index (Phi) is 5.40. The van der Waals surface area contributed by atoms with Gasteiger partial charge >= 0.3 is 0 Å². The van der Waals surface area contributed by atoms with E-state index < -0.39 is 5.60 Å². The van der Waals surface area contributed by atoms with Gasteiger partial charge in [0.15, 0.2) is 5.78 Å². The third-order valence-corrected chi connectivity index (χ3v) is 3.96. The van der Waals surface area contributed by atoms with E-state index in [-0.39, 0.29) is 11.9 Å². The zero-order chi connectivity index (χ0) is 15.3. The van der Waals surface area contributed by atoms with Gasteiger partial charge in [-0.3, -0.25) is 4.79 Å². The zero-order valence-corrected chi connectivity index (χ0v) is 13.4. The van der Waals surface area contributed by atoms with Crippen LogP contribution in [0.3, 0.4) is 0 Å². The summed E-state index contributed by atoms with van der Waals surface area (Å²) in [6.45, 7) is 6.50. The van der Waals surface area contributed by atoms with Gasteiger partial charge in [0.25, 0.3) is 0 Å². The molecule has 0 spiro atoms. The highest BCUT2D eigenvalue weighted by Gasteiger charge is 2.40. The quantitative estimate of drug-likeness (QED) is 0.729. The number of ketones is 1. The fourth-order valence-electron chi connectivity index (χ4n) is 3.08. The molecule has 116 valence electrons. The van der Waals surface area contributed by atoms with Gasteiger partial charge in [0.1, 0.15) is 11.4 Å². The molecular formula is C18H26O3. The summed E-state index contributed by atoms with van der Waals surface area (Å²) >= 11 is 0. The second-order valence-corrected chi connectivity index (χ2v) is 6.01. The second-order valence-electron chi connectivity index (χ2n) is 6.01. The molecule has 1 saturated carbocycles. The first-order chi connectivity index (χ1) is 10.1. The average molecular weight is 290 g/mol. The third-order valence-electron chi connectivity index (χ3n) is 3.96. The number of carbonyl (C=O) groups is 1. The Morgan fingerprint density at radius 3 is 2.57 bits per heavy atom. The number of rotatable bonds is 6. The van der Waals surface area contributed by atoms with E-state index in [1.165, 1.54) is 6.42 Å². The molecule has 0 radical (unpaired) electrons. The van der Waals surface area contributed by atoms with E-state index in [0.717, 1.165) is 31.4 Å². The van der Waals surface area contributed by atoms with Gasteiger partial charge in [-0.05, 0) is 45.7 Å². The Balaban J connectivity index is 2.24. The van der Waals surface area contributed by atoms with Crippen molar-refractivity contribution in [1.82, 2.24) is 0 Å². The molecule has 0 heterocycles. The molecule has 3 heteroatoms. The number of carbonyl (C=O) groups excluding carboxylic acids is 1. The monoisotopic (exact) mass is 290 g/mol. The SMILES string of the molecule is CCOC1(C(=O)c2cccc(OC(C)C)c2)CCCCC1. The molecule has 1 fully saturated rings. The van der Waals surface area contributed by atoms with Crippen molar-refractivity contribution in [2.24, 2.45) is 0 Å². The van der Waals surface area contributed by atoms with Gasteiger partial charge in [0.2, 0.25) is 0 Å². The van der Waals surface area contributed by atoms with Gasteiger partial charge in [0.05, 0.1) is 6.10 Å². The maximum absolute atomic E-state index is 13.0. The summed E-state index contributed by atoms with van der Waals surface area (Å²) in [5, 5.41) is 0. The van der Waals surface area contributed by atoms with Crippen LogP contribution in [0.15, 0.2) is 24.3 Å². The van der Waals surface area contributed by atoms with Crippen LogP contribution in [0.25, 0.3) is 0 Å². The van der Waals surface area contributed by atoms with E-state index in [2.05, 4.69) is 0 Å². The number of benzene rings is 1. The van der Waals surface area contributed by atoms with Crippen molar-refractivity contribution in [2.45, 2.75) is 64.6 Å². The minimum Gasteiger partial charge on any atom is -0.491 e. The Hall–Kier alpha value is -1.35. The fourth-order valence-corrected chi connectivity index (χ4v) is 3.08. The third kappa shape index (κ3) is 3.85. The van der Waals surface area contributed by atoms with Crippen LogP contribution < -0.4 is 4.74 Å². The Labute approximate surface area is 127 Å². The van der Waals surface area contributed by atoms with Gasteiger partial charge in [-0.2, -0.15) is 0 Å². The molecule has 1 aromatic carbocycles. The predicted molar refractivity (Wildman–Crippen MR) is 84.0 cm³/mol. The minimum absolute atomic E-state index is 0.103. The summed E-state index contributed by atoms with van der Waals surface area (Å²) in [6, 6.07) is 7.49. The molecule has 0 aliphatic heterocycles. The van der Waals surface area contributed by atoms with E-state index in [1.807, 2.05) is 45.0 Å². The molecular weight excluding hydrogens is 264 g/mol. The van der Waals surface area contributed by atoms with Crippen LogP contribution in [0.5, 0.6) is 5.75 Å². The Morgan fingerprint density at radius 2 is 1.95 bits per heavy atom. The normalized spacial score (nSPS) is 17.7. The van der Waals surface area contributed by atoms with Crippen LogP contribution in [0.4, 0.5) is 0 Å². The van der Waals surface area contributed by atoms with Crippen molar-refractivity contribution < 1.29 is 14.3 Å². The van der Waals surface area contributed by atoms with Crippen LogP contribution >= 0.6 is 0 Å². The zero-order valence-electron chi connectivity index (χ0n) is 13.4. The maximum Gasteiger partial charge on any atom is 0.194 e. The summed E-state index contributed by atoms with van der Waals surface area (Å²) in [4.78, 5) is 13.0. The summed E-state index contributed by atoms with van der Waals surface area (Å²) in [5.41, 5.74) is 0.0761. The van der Waals surface area contributed by atoms with Crippen molar-refractivity contribution in [3.05, 3.63) is 29.8 Å². The highest BCUT2D eigenvalue weighted by molar-refractivity contribution is 6.02. The lowest BCUT2D eigenvalue weighted by Crippen LogP contribution is -2.43. The summed E-state index contributed by atoms with van der Waals surface area (Å²) in [7, 11) is 0. The molecule has 3 nitrogen and oxygen atoms in total.